The molecule has 19 heavy (non-hydrogen) atoms. The van der Waals surface area contributed by atoms with Crippen LogP contribution in [0, 0.1) is 5.92 Å². The van der Waals surface area contributed by atoms with Gasteiger partial charge in [-0.3, -0.25) is 4.90 Å². The highest BCUT2D eigenvalue weighted by atomic mass is 16.5. The molecule has 0 spiro atoms. The van der Waals surface area contributed by atoms with E-state index in [1.807, 2.05) is 24.3 Å². The molecule has 0 aromatic heterocycles. The molecule has 0 saturated carbocycles. The van der Waals surface area contributed by atoms with Gasteiger partial charge in [-0.05, 0) is 62.5 Å². The lowest BCUT2D eigenvalue weighted by molar-refractivity contribution is 0.212. The fourth-order valence-corrected chi connectivity index (χ4v) is 2.71. The van der Waals surface area contributed by atoms with E-state index in [1.54, 1.807) is 0 Å². The Balaban J connectivity index is 1.69. The highest BCUT2D eigenvalue weighted by Crippen LogP contribution is 2.20. The zero-order chi connectivity index (χ0) is 13.5. The van der Waals surface area contributed by atoms with Crippen LogP contribution < -0.4 is 10.5 Å². The standard InChI is InChI=1S/C16H26N2O/c1-2-14-4-3-10-18(11-9-14)12-13-19-16-7-5-15(17)6-8-16/h5-8,14H,2-4,9-13,17H2,1H3. The van der Waals surface area contributed by atoms with Crippen molar-refractivity contribution in [3.63, 3.8) is 0 Å². The molecule has 2 rings (SSSR count). The summed E-state index contributed by atoms with van der Waals surface area (Å²) >= 11 is 0. The largest absolute Gasteiger partial charge is 0.492 e. The summed E-state index contributed by atoms with van der Waals surface area (Å²) in [6, 6.07) is 7.63. The van der Waals surface area contributed by atoms with Gasteiger partial charge in [0.1, 0.15) is 12.4 Å². The van der Waals surface area contributed by atoms with E-state index in [-0.39, 0.29) is 0 Å². The Kier molecular flexibility index (Phi) is 5.52. The fourth-order valence-electron chi connectivity index (χ4n) is 2.71. The first-order chi connectivity index (χ1) is 9.28. The van der Waals surface area contributed by atoms with Gasteiger partial charge in [-0.1, -0.05) is 13.3 Å². The van der Waals surface area contributed by atoms with Gasteiger partial charge in [0.2, 0.25) is 0 Å². The van der Waals surface area contributed by atoms with Crippen molar-refractivity contribution >= 4 is 5.69 Å². The van der Waals surface area contributed by atoms with Crippen LogP contribution in [-0.4, -0.2) is 31.1 Å². The summed E-state index contributed by atoms with van der Waals surface area (Å²) < 4.78 is 5.76. The number of nitrogens with zero attached hydrogens (tertiary/aromatic N) is 1. The van der Waals surface area contributed by atoms with Crippen LogP contribution in [0.5, 0.6) is 5.75 Å². The van der Waals surface area contributed by atoms with Crippen molar-refractivity contribution in [2.45, 2.75) is 32.6 Å². The maximum atomic E-state index is 5.76. The number of ether oxygens (including phenoxy) is 1. The van der Waals surface area contributed by atoms with Crippen LogP contribution in [0.4, 0.5) is 5.69 Å². The number of anilines is 1. The van der Waals surface area contributed by atoms with E-state index in [1.165, 1.54) is 38.8 Å². The lowest BCUT2D eigenvalue weighted by Gasteiger charge is -2.20. The van der Waals surface area contributed by atoms with E-state index in [9.17, 15) is 0 Å². The summed E-state index contributed by atoms with van der Waals surface area (Å²) in [5.74, 6) is 1.85. The van der Waals surface area contributed by atoms with Gasteiger partial charge in [0.25, 0.3) is 0 Å². The van der Waals surface area contributed by atoms with Crippen molar-refractivity contribution in [2.24, 2.45) is 5.92 Å². The van der Waals surface area contributed by atoms with Gasteiger partial charge in [-0.15, -0.1) is 0 Å². The molecule has 0 aliphatic carbocycles. The Morgan fingerprint density at radius 2 is 2.00 bits per heavy atom. The molecule has 1 fully saturated rings. The first kappa shape index (κ1) is 14.2. The van der Waals surface area contributed by atoms with E-state index in [0.29, 0.717) is 0 Å². The number of nitrogens with two attached hydrogens (primary N) is 1. The summed E-state index contributed by atoms with van der Waals surface area (Å²) in [6.45, 7) is 6.55. The molecular formula is C16H26N2O. The van der Waals surface area contributed by atoms with Crippen LogP contribution in [0.3, 0.4) is 0 Å². The van der Waals surface area contributed by atoms with Crippen LogP contribution in [-0.2, 0) is 0 Å². The first-order valence-electron chi connectivity index (χ1n) is 7.48. The monoisotopic (exact) mass is 262 g/mol. The van der Waals surface area contributed by atoms with Crippen LogP contribution in [0.1, 0.15) is 32.6 Å². The van der Waals surface area contributed by atoms with Gasteiger partial charge >= 0.3 is 0 Å². The van der Waals surface area contributed by atoms with Crippen molar-refractivity contribution in [1.29, 1.82) is 0 Å². The Morgan fingerprint density at radius 1 is 1.21 bits per heavy atom. The number of nitrogen functional groups attached to an aromatic ring is 1. The van der Waals surface area contributed by atoms with Crippen LogP contribution >= 0.6 is 0 Å². The minimum atomic E-state index is 0.765. The molecule has 0 radical (unpaired) electrons. The van der Waals surface area contributed by atoms with Gasteiger partial charge in [0, 0.05) is 12.2 Å². The quantitative estimate of drug-likeness (QED) is 0.828. The number of rotatable bonds is 5. The highest BCUT2D eigenvalue weighted by molar-refractivity contribution is 5.41. The molecule has 1 aromatic carbocycles. The number of benzene rings is 1. The molecule has 1 atom stereocenters. The van der Waals surface area contributed by atoms with Gasteiger partial charge < -0.3 is 10.5 Å². The minimum Gasteiger partial charge on any atom is -0.492 e. The highest BCUT2D eigenvalue weighted by Gasteiger charge is 2.15. The Labute approximate surface area is 116 Å². The average molecular weight is 262 g/mol. The summed E-state index contributed by atoms with van der Waals surface area (Å²) in [7, 11) is 0. The molecule has 1 heterocycles. The maximum Gasteiger partial charge on any atom is 0.119 e. The van der Waals surface area contributed by atoms with Crippen molar-refractivity contribution in [2.75, 3.05) is 32.0 Å². The molecule has 1 aliphatic rings. The van der Waals surface area contributed by atoms with E-state index in [2.05, 4.69) is 11.8 Å². The SMILES string of the molecule is CCC1CCCN(CCOc2ccc(N)cc2)CC1. The Hall–Kier alpha value is -1.22. The van der Waals surface area contributed by atoms with Crippen LogP contribution in [0.25, 0.3) is 0 Å². The fraction of sp³-hybridized carbons (Fsp3) is 0.625. The number of hydrogen-bond acceptors (Lipinski definition) is 3. The van der Waals surface area contributed by atoms with E-state index in [0.717, 1.165) is 30.5 Å². The second-order valence-electron chi connectivity index (χ2n) is 5.46. The minimum absolute atomic E-state index is 0.765. The van der Waals surface area contributed by atoms with Crippen LogP contribution in [0.15, 0.2) is 24.3 Å². The summed E-state index contributed by atoms with van der Waals surface area (Å²) in [5.41, 5.74) is 6.43. The molecule has 1 aliphatic heterocycles. The molecule has 0 bridgehead atoms. The molecule has 0 amide bonds. The predicted octanol–water partition coefficient (Wildman–Crippen LogP) is 3.16. The molecule has 1 unspecified atom stereocenters. The molecule has 3 heteroatoms. The van der Waals surface area contributed by atoms with Crippen molar-refractivity contribution < 1.29 is 4.74 Å². The Bertz CT molecular complexity index is 364. The Morgan fingerprint density at radius 3 is 2.74 bits per heavy atom. The molecule has 1 aromatic rings. The zero-order valence-electron chi connectivity index (χ0n) is 12.0. The van der Waals surface area contributed by atoms with E-state index >= 15 is 0 Å². The van der Waals surface area contributed by atoms with Crippen LogP contribution in [0.2, 0.25) is 0 Å². The molecular weight excluding hydrogens is 236 g/mol. The van der Waals surface area contributed by atoms with Gasteiger partial charge in [0.15, 0.2) is 0 Å². The predicted molar refractivity (Wildman–Crippen MR) is 80.4 cm³/mol. The zero-order valence-corrected chi connectivity index (χ0v) is 12.0. The van der Waals surface area contributed by atoms with Gasteiger partial charge in [0.05, 0.1) is 0 Å². The topological polar surface area (TPSA) is 38.5 Å². The third-order valence-electron chi connectivity index (χ3n) is 4.07. The van der Waals surface area contributed by atoms with Crippen molar-refractivity contribution in [3.05, 3.63) is 24.3 Å². The molecule has 106 valence electrons. The summed E-state index contributed by atoms with van der Waals surface area (Å²) in [5, 5.41) is 0. The summed E-state index contributed by atoms with van der Waals surface area (Å²) in [4.78, 5) is 2.53. The summed E-state index contributed by atoms with van der Waals surface area (Å²) in [6.07, 6.45) is 5.40. The average Bonchev–Trinajstić information content (AvgIpc) is 2.66. The lowest BCUT2D eigenvalue weighted by atomic mass is 9.98. The van der Waals surface area contributed by atoms with Crippen molar-refractivity contribution in [1.82, 2.24) is 4.90 Å². The maximum absolute atomic E-state index is 5.76. The smallest absolute Gasteiger partial charge is 0.119 e. The van der Waals surface area contributed by atoms with Crippen molar-refractivity contribution in [3.8, 4) is 5.75 Å². The number of hydrogen-bond donors (Lipinski definition) is 1. The van der Waals surface area contributed by atoms with E-state index in [4.69, 9.17) is 10.5 Å². The second-order valence-corrected chi connectivity index (χ2v) is 5.46. The molecule has 2 N–H and O–H groups in total. The first-order valence-corrected chi connectivity index (χ1v) is 7.48. The lowest BCUT2D eigenvalue weighted by Crippen LogP contribution is -2.29. The normalized spacial score (nSPS) is 21.0. The molecule has 1 saturated heterocycles. The number of likely N-dealkylation sites (tertiary alicyclic amines) is 1. The second kappa shape index (κ2) is 7.39. The third kappa shape index (κ3) is 4.75. The van der Waals surface area contributed by atoms with E-state index < -0.39 is 0 Å². The van der Waals surface area contributed by atoms with Gasteiger partial charge in [-0.2, -0.15) is 0 Å². The third-order valence-corrected chi connectivity index (χ3v) is 4.07. The molecule has 3 nitrogen and oxygen atoms in total. The van der Waals surface area contributed by atoms with Gasteiger partial charge in [-0.25, -0.2) is 0 Å².